The van der Waals surface area contributed by atoms with Gasteiger partial charge in [-0.2, -0.15) is 0 Å². The van der Waals surface area contributed by atoms with Gasteiger partial charge in [-0.1, -0.05) is 0 Å². The number of aromatic carboxylic acids is 1. The molecule has 1 aromatic heterocycles. The number of Topliss-reactive ketones (excluding diaryl/α,β-unsaturated/α-hetero) is 1. The van der Waals surface area contributed by atoms with Crippen molar-refractivity contribution in [2.75, 3.05) is 13.1 Å². The molecule has 0 bridgehead atoms. The Balaban J connectivity index is 2.32. The van der Waals surface area contributed by atoms with Crippen LogP contribution in [0.15, 0.2) is 0 Å². The van der Waals surface area contributed by atoms with E-state index >= 15 is 0 Å². The zero-order valence-electron chi connectivity index (χ0n) is 13.2. The summed E-state index contributed by atoms with van der Waals surface area (Å²) >= 11 is 0. The molecule has 2 heterocycles. The zero-order valence-corrected chi connectivity index (χ0v) is 13.2. The molecule has 1 amide bonds. The zero-order chi connectivity index (χ0) is 16.7. The van der Waals surface area contributed by atoms with Crippen LogP contribution in [0.1, 0.15) is 45.4 Å². The maximum atomic E-state index is 12.5. The van der Waals surface area contributed by atoms with Crippen LogP contribution in [0.25, 0.3) is 0 Å². The molecule has 120 valence electrons. The normalized spacial score (nSPS) is 20.9. The van der Waals surface area contributed by atoms with Gasteiger partial charge in [-0.25, -0.2) is 4.79 Å². The Kier molecular flexibility index (Phi) is 4.10. The van der Waals surface area contributed by atoms with E-state index in [0.717, 1.165) is 13.0 Å². The quantitative estimate of drug-likeness (QED) is 0.552. The van der Waals surface area contributed by atoms with Crippen LogP contribution >= 0.6 is 0 Å². The number of aromatic nitrogens is 1. The van der Waals surface area contributed by atoms with E-state index in [-0.39, 0.29) is 11.3 Å². The van der Waals surface area contributed by atoms with Crippen molar-refractivity contribution in [1.29, 1.82) is 0 Å². The Morgan fingerprint density at radius 3 is 2.41 bits per heavy atom. The highest BCUT2D eigenvalue weighted by Crippen LogP contribution is 2.22. The van der Waals surface area contributed by atoms with Crippen LogP contribution in [0.5, 0.6) is 0 Å². The van der Waals surface area contributed by atoms with Gasteiger partial charge in [-0.05, 0) is 39.3 Å². The molecule has 7 heteroatoms. The largest absolute Gasteiger partial charge is 0.478 e. The van der Waals surface area contributed by atoms with Gasteiger partial charge in [0.1, 0.15) is 0 Å². The van der Waals surface area contributed by atoms with Crippen LogP contribution in [-0.2, 0) is 11.8 Å². The third-order valence-corrected chi connectivity index (χ3v) is 4.35. The van der Waals surface area contributed by atoms with Gasteiger partial charge >= 0.3 is 5.97 Å². The fourth-order valence-corrected chi connectivity index (χ4v) is 2.98. The highest BCUT2D eigenvalue weighted by molar-refractivity contribution is 6.43. The highest BCUT2D eigenvalue weighted by atomic mass is 16.4. The van der Waals surface area contributed by atoms with Crippen LogP contribution in [0, 0.1) is 13.8 Å². The molecular weight excluding hydrogens is 286 g/mol. The Bertz CT molecular complexity index is 654. The van der Waals surface area contributed by atoms with E-state index in [4.69, 9.17) is 0 Å². The number of amides is 1. The molecule has 0 aromatic carbocycles. The number of nitrogens with one attached hydrogen (secondary N) is 2. The first-order valence-corrected chi connectivity index (χ1v) is 7.14. The van der Waals surface area contributed by atoms with E-state index in [2.05, 4.69) is 10.6 Å². The Morgan fingerprint density at radius 2 is 1.95 bits per heavy atom. The van der Waals surface area contributed by atoms with Gasteiger partial charge in [0.25, 0.3) is 11.7 Å². The molecule has 1 aliphatic rings. The number of hydrogen-bond acceptors (Lipinski definition) is 4. The number of rotatable bonds is 4. The Morgan fingerprint density at radius 1 is 1.32 bits per heavy atom. The summed E-state index contributed by atoms with van der Waals surface area (Å²) in [5, 5.41) is 15.1. The maximum absolute atomic E-state index is 12.5. The molecule has 1 atom stereocenters. The van der Waals surface area contributed by atoms with Gasteiger partial charge in [-0.3, -0.25) is 9.59 Å². The summed E-state index contributed by atoms with van der Waals surface area (Å²) in [5.41, 5.74) is 0.530. The van der Waals surface area contributed by atoms with Crippen LogP contribution in [0.4, 0.5) is 0 Å². The molecule has 0 aliphatic carbocycles. The van der Waals surface area contributed by atoms with Gasteiger partial charge in [0, 0.05) is 19.3 Å². The number of carbonyl (C=O) groups is 3. The Labute approximate surface area is 128 Å². The summed E-state index contributed by atoms with van der Waals surface area (Å²) in [5.74, 6) is -2.51. The third-order valence-electron chi connectivity index (χ3n) is 4.35. The Hall–Kier alpha value is -2.15. The minimum atomic E-state index is -1.10. The van der Waals surface area contributed by atoms with Crippen molar-refractivity contribution in [3.05, 3.63) is 22.5 Å². The lowest BCUT2D eigenvalue weighted by Crippen LogP contribution is -2.50. The molecule has 1 fully saturated rings. The topological polar surface area (TPSA) is 100 Å². The predicted molar refractivity (Wildman–Crippen MR) is 80.2 cm³/mol. The van der Waals surface area contributed by atoms with Crippen molar-refractivity contribution in [2.45, 2.75) is 32.7 Å². The molecule has 1 aromatic rings. The average molecular weight is 307 g/mol. The summed E-state index contributed by atoms with van der Waals surface area (Å²) in [4.78, 5) is 36.0. The van der Waals surface area contributed by atoms with E-state index in [1.807, 2.05) is 6.92 Å². The summed E-state index contributed by atoms with van der Waals surface area (Å²) in [6.07, 6.45) is 0.748. The van der Waals surface area contributed by atoms with E-state index in [9.17, 15) is 19.5 Å². The third kappa shape index (κ3) is 2.64. The number of hydrogen-bond donors (Lipinski definition) is 3. The number of carboxylic acids is 1. The summed E-state index contributed by atoms with van der Waals surface area (Å²) in [6.45, 7) is 6.45. The minimum Gasteiger partial charge on any atom is -0.478 e. The maximum Gasteiger partial charge on any atom is 0.337 e. The second kappa shape index (κ2) is 5.57. The second-order valence-corrected chi connectivity index (χ2v) is 6.07. The summed E-state index contributed by atoms with van der Waals surface area (Å²) < 4.78 is 1.47. The van der Waals surface area contributed by atoms with Gasteiger partial charge in [-0.15, -0.1) is 0 Å². The first-order chi connectivity index (χ1) is 10.2. The van der Waals surface area contributed by atoms with Gasteiger partial charge < -0.3 is 20.3 Å². The van der Waals surface area contributed by atoms with E-state index < -0.39 is 23.2 Å². The van der Waals surface area contributed by atoms with Gasteiger partial charge in [0.15, 0.2) is 0 Å². The van der Waals surface area contributed by atoms with Crippen molar-refractivity contribution in [3.8, 4) is 0 Å². The van der Waals surface area contributed by atoms with Crippen molar-refractivity contribution in [2.24, 2.45) is 7.05 Å². The monoisotopic (exact) mass is 307 g/mol. The molecule has 7 nitrogen and oxygen atoms in total. The molecule has 2 rings (SSSR count). The van der Waals surface area contributed by atoms with Gasteiger partial charge in [0.2, 0.25) is 0 Å². The second-order valence-electron chi connectivity index (χ2n) is 6.07. The smallest absolute Gasteiger partial charge is 0.337 e. The summed E-state index contributed by atoms with van der Waals surface area (Å²) in [6, 6.07) is 0. The van der Waals surface area contributed by atoms with Crippen LogP contribution < -0.4 is 10.6 Å². The predicted octanol–water partition coefficient (Wildman–Crippen LogP) is 0.391. The van der Waals surface area contributed by atoms with Gasteiger partial charge in [0.05, 0.1) is 16.8 Å². The molecule has 0 saturated carbocycles. The lowest BCUT2D eigenvalue weighted by atomic mass is 10.0. The number of carbonyl (C=O) groups excluding carboxylic acids is 2. The van der Waals surface area contributed by atoms with Crippen molar-refractivity contribution >= 4 is 17.7 Å². The van der Waals surface area contributed by atoms with E-state index in [0.29, 0.717) is 17.8 Å². The number of carboxylic acid groups (broad SMARTS) is 1. The lowest BCUT2D eigenvalue weighted by Gasteiger charge is -2.24. The fraction of sp³-hybridized carbons (Fsp3) is 0.533. The number of nitrogens with zero attached hydrogens (tertiary/aromatic N) is 1. The first kappa shape index (κ1) is 16.2. The van der Waals surface area contributed by atoms with E-state index in [1.165, 1.54) is 4.57 Å². The lowest BCUT2D eigenvalue weighted by molar-refractivity contribution is -0.118. The molecule has 22 heavy (non-hydrogen) atoms. The highest BCUT2D eigenvalue weighted by Gasteiger charge is 2.34. The molecule has 0 spiro atoms. The van der Waals surface area contributed by atoms with Crippen LogP contribution in [0.3, 0.4) is 0 Å². The molecular formula is C15H21N3O4. The average Bonchev–Trinajstić information content (AvgIpc) is 2.92. The summed E-state index contributed by atoms with van der Waals surface area (Å²) in [7, 11) is 1.59. The number of ketones is 1. The molecule has 3 N–H and O–H groups in total. The van der Waals surface area contributed by atoms with Crippen molar-refractivity contribution in [1.82, 2.24) is 15.2 Å². The minimum absolute atomic E-state index is 0.0763. The van der Waals surface area contributed by atoms with Crippen molar-refractivity contribution in [3.63, 3.8) is 0 Å². The standard InChI is InChI=1S/C15H21N3O4/c1-8-10(14(21)22)9(2)18(4)11(8)12(19)13(20)17-15(3)5-6-16-7-15/h16H,5-7H2,1-4H3,(H,17,20)(H,21,22). The first-order valence-electron chi connectivity index (χ1n) is 7.14. The van der Waals surface area contributed by atoms with Crippen molar-refractivity contribution < 1.29 is 19.5 Å². The fourth-order valence-electron chi connectivity index (χ4n) is 2.98. The SMILES string of the molecule is Cc1c(C(=O)O)c(C)n(C)c1C(=O)C(=O)NC1(C)CCNC1. The molecule has 1 unspecified atom stereocenters. The molecule has 1 saturated heterocycles. The molecule has 0 radical (unpaired) electrons. The van der Waals surface area contributed by atoms with E-state index in [1.54, 1.807) is 20.9 Å². The molecule has 1 aliphatic heterocycles. The van der Waals surface area contributed by atoms with Crippen LogP contribution in [0.2, 0.25) is 0 Å². The van der Waals surface area contributed by atoms with Crippen LogP contribution in [-0.4, -0.2) is 46.0 Å².